The molecule has 3 rings (SSSR count). The predicted molar refractivity (Wildman–Crippen MR) is 111 cm³/mol. The van der Waals surface area contributed by atoms with Crippen molar-refractivity contribution < 1.29 is 14.3 Å². The standard InChI is InChI=1S/C21H20N3O3S/c1-21(2,3)27-20(26)24-17-7-5-4-6-16(17)23-18(25)14-8-10-15(11-9-14)19-22-12-13-28-19/h4-12H,1-3H3,(H,23,25)(H,24,26). The molecule has 6 nitrogen and oxygen atoms in total. The van der Waals surface area contributed by atoms with E-state index in [4.69, 9.17) is 4.74 Å². The molecule has 143 valence electrons. The van der Waals surface area contributed by atoms with E-state index in [1.165, 1.54) is 11.3 Å². The summed E-state index contributed by atoms with van der Waals surface area (Å²) >= 11 is 1.42. The van der Waals surface area contributed by atoms with Gasteiger partial charge in [0.05, 0.1) is 16.8 Å². The highest BCUT2D eigenvalue weighted by Crippen LogP contribution is 2.24. The Labute approximate surface area is 167 Å². The highest BCUT2D eigenvalue weighted by molar-refractivity contribution is 7.12. The fourth-order valence-electron chi connectivity index (χ4n) is 2.40. The third kappa shape index (κ3) is 5.17. The van der Waals surface area contributed by atoms with Gasteiger partial charge in [-0.1, -0.05) is 24.3 Å². The molecular weight excluding hydrogens is 374 g/mol. The second-order valence-corrected chi connectivity index (χ2v) is 7.81. The molecule has 2 amide bonds. The number of nitrogens with zero attached hydrogens (tertiary/aromatic N) is 1. The topological polar surface area (TPSA) is 80.3 Å². The molecule has 0 saturated heterocycles. The average Bonchev–Trinajstić information content (AvgIpc) is 3.16. The van der Waals surface area contributed by atoms with Gasteiger partial charge in [-0.15, -0.1) is 11.3 Å². The average molecular weight is 394 g/mol. The lowest BCUT2D eigenvalue weighted by Crippen LogP contribution is -2.27. The van der Waals surface area contributed by atoms with Crippen LogP contribution in [-0.2, 0) is 4.74 Å². The first kappa shape index (κ1) is 19.6. The number of anilines is 2. The van der Waals surface area contributed by atoms with E-state index < -0.39 is 11.7 Å². The summed E-state index contributed by atoms with van der Waals surface area (Å²) in [5.74, 6) is -0.282. The smallest absolute Gasteiger partial charge is 0.412 e. The Hall–Kier alpha value is -3.19. The number of benzene rings is 2. The molecule has 0 aliphatic carbocycles. The fourth-order valence-corrected chi connectivity index (χ4v) is 2.98. The zero-order valence-electron chi connectivity index (χ0n) is 15.8. The Morgan fingerprint density at radius 3 is 2.21 bits per heavy atom. The second-order valence-electron chi connectivity index (χ2n) is 6.99. The number of hydrogen-bond acceptors (Lipinski definition) is 5. The number of thiazole rings is 1. The predicted octanol–water partition coefficient (Wildman–Crippen LogP) is 5.21. The van der Waals surface area contributed by atoms with Crippen molar-refractivity contribution >= 4 is 34.7 Å². The molecule has 2 N–H and O–H groups in total. The first-order valence-electron chi connectivity index (χ1n) is 8.64. The first-order chi connectivity index (χ1) is 13.3. The number of aromatic nitrogens is 1. The normalized spacial score (nSPS) is 11.0. The fraction of sp³-hybridized carbons (Fsp3) is 0.190. The van der Waals surface area contributed by atoms with Crippen molar-refractivity contribution in [3.8, 4) is 10.6 Å². The van der Waals surface area contributed by atoms with Gasteiger partial charge in [0.2, 0.25) is 0 Å². The number of rotatable bonds is 4. The van der Waals surface area contributed by atoms with Crippen molar-refractivity contribution in [2.24, 2.45) is 0 Å². The quantitative estimate of drug-likeness (QED) is 0.637. The highest BCUT2D eigenvalue weighted by Gasteiger charge is 2.18. The molecule has 0 unspecified atom stereocenters. The maximum Gasteiger partial charge on any atom is 0.412 e. The molecule has 28 heavy (non-hydrogen) atoms. The lowest BCUT2D eigenvalue weighted by molar-refractivity contribution is 0.0635. The highest BCUT2D eigenvalue weighted by atomic mass is 32.1. The molecule has 0 atom stereocenters. The van der Waals surface area contributed by atoms with Crippen LogP contribution in [0, 0.1) is 5.38 Å². The van der Waals surface area contributed by atoms with E-state index in [9.17, 15) is 9.59 Å². The molecule has 0 fully saturated rings. The van der Waals surface area contributed by atoms with E-state index in [0.717, 1.165) is 10.6 Å². The van der Waals surface area contributed by atoms with E-state index in [-0.39, 0.29) is 5.91 Å². The van der Waals surface area contributed by atoms with Crippen molar-refractivity contribution in [1.82, 2.24) is 4.98 Å². The van der Waals surface area contributed by atoms with Gasteiger partial charge >= 0.3 is 6.09 Å². The largest absolute Gasteiger partial charge is 0.444 e. The van der Waals surface area contributed by atoms with Crippen LogP contribution in [0.2, 0.25) is 0 Å². The summed E-state index contributed by atoms with van der Waals surface area (Å²) < 4.78 is 5.26. The van der Waals surface area contributed by atoms with E-state index in [1.807, 2.05) is 12.1 Å². The van der Waals surface area contributed by atoms with Crippen molar-refractivity contribution in [1.29, 1.82) is 0 Å². The Balaban J connectivity index is 1.71. The molecule has 7 heteroatoms. The van der Waals surface area contributed by atoms with Crippen molar-refractivity contribution in [2.75, 3.05) is 10.6 Å². The number of amides is 2. The van der Waals surface area contributed by atoms with E-state index in [0.29, 0.717) is 16.9 Å². The third-order valence-corrected chi connectivity index (χ3v) is 4.35. The summed E-state index contributed by atoms with van der Waals surface area (Å²) in [7, 11) is 0. The van der Waals surface area contributed by atoms with Crippen LogP contribution >= 0.6 is 11.3 Å². The van der Waals surface area contributed by atoms with E-state index in [2.05, 4.69) is 21.0 Å². The van der Waals surface area contributed by atoms with Crippen LogP contribution in [0.3, 0.4) is 0 Å². The summed E-state index contributed by atoms with van der Waals surface area (Å²) in [4.78, 5) is 28.8. The monoisotopic (exact) mass is 394 g/mol. The van der Waals surface area contributed by atoms with Gasteiger partial charge in [0, 0.05) is 17.3 Å². The van der Waals surface area contributed by atoms with E-state index >= 15 is 0 Å². The maximum atomic E-state index is 12.6. The maximum absolute atomic E-state index is 12.6. The minimum atomic E-state index is -0.612. The minimum absolute atomic E-state index is 0.282. The summed E-state index contributed by atoms with van der Waals surface area (Å²) in [5.41, 5.74) is 1.75. The van der Waals surface area contributed by atoms with Crippen molar-refractivity contribution in [3.05, 3.63) is 65.7 Å². The molecule has 1 aromatic heterocycles. The number of carbonyl (C=O) groups excluding carboxylic acids is 2. The molecule has 2 aromatic carbocycles. The van der Waals surface area contributed by atoms with Crippen molar-refractivity contribution in [2.45, 2.75) is 26.4 Å². The Morgan fingerprint density at radius 2 is 1.64 bits per heavy atom. The summed E-state index contributed by atoms with van der Waals surface area (Å²) in [5, 5.41) is 9.27. The summed E-state index contributed by atoms with van der Waals surface area (Å²) in [6.45, 7) is 5.36. The minimum Gasteiger partial charge on any atom is -0.444 e. The summed E-state index contributed by atoms with van der Waals surface area (Å²) in [6.07, 6.45) is 1.04. The van der Waals surface area contributed by atoms with Crippen LogP contribution in [0.25, 0.3) is 10.6 Å². The SMILES string of the molecule is CC(C)(C)OC(=O)Nc1ccccc1NC(=O)c1ccc(-c2nc[c]s2)cc1. The van der Waals surface area contributed by atoms with Gasteiger partial charge in [0.15, 0.2) is 0 Å². The van der Waals surface area contributed by atoms with Crippen LogP contribution in [0.15, 0.2) is 54.7 Å². The molecule has 0 bridgehead atoms. The lowest BCUT2D eigenvalue weighted by Gasteiger charge is -2.20. The molecular formula is C21H20N3O3S. The summed E-state index contributed by atoms with van der Waals surface area (Å²) in [6, 6.07) is 14.1. The van der Waals surface area contributed by atoms with E-state index in [1.54, 1.807) is 63.4 Å². The number of hydrogen-bond donors (Lipinski definition) is 2. The van der Waals surface area contributed by atoms with Crippen LogP contribution in [0.5, 0.6) is 0 Å². The molecule has 1 heterocycles. The van der Waals surface area contributed by atoms with Gasteiger partial charge in [-0.25, -0.2) is 9.78 Å². The molecule has 0 aliphatic rings. The zero-order chi connectivity index (χ0) is 20.1. The third-order valence-electron chi connectivity index (χ3n) is 3.60. The van der Waals surface area contributed by atoms with Gasteiger partial charge < -0.3 is 10.1 Å². The molecule has 3 aromatic rings. The van der Waals surface area contributed by atoms with Crippen LogP contribution in [-0.4, -0.2) is 22.6 Å². The Bertz CT molecular complexity index is 961. The van der Waals surface area contributed by atoms with Crippen LogP contribution in [0.1, 0.15) is 31.1 Å². The van der Waals surface area contributed by atoms with Crippen molar-refractivity contribution in [3.63, 3.8) is 0 Å². The second kappa shape index (κ2) is 8.22. The van der Waals surface area contributed by atoms with Gasteiger partial charge in [-0.05, 0) is 45.0 Å². The van der Waals surface area contributed by atoms with Gasteiger partial charge in [-0.3, -0.25) is 10.1 Å². The zero-order valence-corrected chi connectivity index (χ0v) is 16.6. The molecule has 0 spiro atoms. The molecule has 1 radical (unpaired) electrons. The van der Waals surface area contributed by atoms with Crippen LogP contribution in [0.4, 0.5) is 16.2 Å². The van der Waals surface area contributed by atoms with Gasteiger partial charge in [0.25, 0.3) is 5.91 Å². The number of ether oxygens (including phenoxy) is 1. The Morgan fingerprint density at radius 1 is 1.00 bits per heavy atom. The van der Waals surface area contributed by atoms with Gasteiger partial charge in [0.1, 0.15) is 10.6 Å². The van der Waals surface area contributed by atoms with Gasteiger partial charge in [-0.2, -0.15) is 0 Å². The first-order valence-corrected chi connectivity index (χ1v) is 9.46. The van der Waals surface area contributed by atoms with Crippen LogP contribution < -0.4 is 10.6 Å². The number of carbonyl (C=O) groups is 2. The number of para-hydroxylation sites is 2. The lowest BCUT2D eigenvalue weighted by atomic mass is 10.1. The number of nitrogens with one attached hydrogen (secondary N) is 2. The molecule has 0 aliphatic heterocycles. The Kier molecular flexibility index (Phi) is 5.75. The molecule has 0 saturated carbocycles.